The molecule has 82 valence electrons. The lowest BCUT2D eigenvalue weighted by Gasteiger charge is -2.03. The van der Waals surface area contributed by atoms with Crippen LogP contribution in [-0.4, -0.2) is 10.9 Å². The SMILES string of the molecule is Cc1csc(Cc2ccccc2C(N)=O)n1. The smallest absolute Gasteiger partial charge is 0.248 e. The predicted octanol–water partition coefficient (Wildman–Crippen LogP) is 2.14. The van der Waals surface area contributed by atoms with Crippen molar-refractivity contribution in [3.8, 4) is 0 Å². The Hall–Kier alpha value is -1.68. The molecule has 2 rings (SSSR count). The van der Waals surface area contributed by atoms with Crippen molar-refractivity contribution in [3.63, 3.8) is 0 Å². The van der Waals surface area contributed by atoms with E-state index in [9.17, 15) is 4.79 Å². The highest BCUT2D eigenvalue weighted by Crippen LogP contribution is 2.17. The number of carbonyl (C=O) groups excluding carboxylic acids is 1. The van der Waals surface area contributed by atoms with E-state index in [1.54, 1.807) is 17.4 Å². The summed E-state index contributed by atoms with van der Waals surface area (Å²) in [7, 11) is 0. The van der Waals surface area contributed by atoms with E-state index in [1.165, 1.54) is 0 Å². The van der Waals surface area contributed by atoms with Crippen LogP contribution in [0.3, 0.4) is 0 Å². The minimum absolute atomic E-state index is 0.385. The number of rotatable bonds is 3. The van der Waals surface area contributed by atoms with E-state index >= 15 is 0 Å². The molecule has 1 aromatic carbocycles. The van der Waals surface area contributed by atoms with Gasteiger partial charge in [0.1, 0.15) is 0 Å². The maximum atomic E-state index is 11.2. The van der Waals surface area contributed by atoms with Gasteiger partial charge in [-0.2, -0.15) is 0 Å². The van der Waals surface area contributed by atoms with Gasteiger partial charge in [-0.3, -0.25) is 4.79 Å². The van der Waals surface area contributed by atoms with Gasteiger partial charge in [-0.25, -0.2) is 4.98 Å². The third kappa shape index (κ3) is 2.28. The van der Waals surface area contributed by atoms with E-state index in [1.807, 2.05) is 30.5 Å². The summed E-state index contributed by atoms with van der Waals surface area (Å²) in [5, 5.41) is 3.01. The lowest BCUT2D eigenvalue weighted by atomic mass is 10.0. The Morgan fingerprint density at radius 2 is 2.19 bits per heavy atom. The number of amides is 1. The van der Waals surface area contributed by atoms with Crippen molar-refractivity contribution in [2.45, 2.75) is 13.3 Å². The van der Waals surface area contributed by atoms with Crippen molar-refractivity contribution in [3.05, 3.63) is 51.5 Å². The van der Waals surface area contributed by atoms with Gasteiger partial charge in [-0.05, 0) is 18.6 Å². The normalized spacial score (nSPS) is 10.3. The number of aryl methyl sites for hydroxylation is 1. The molecule has 3 nitrogen and oxygen atoms in total. The second-order valence-corrected chi connectivity index (χ2v) is 4.52. The van der Waals surface area contributed by atoms with Gasteiger partial charge in [0.2, 0.25) is 5.91 Å². The lowest BCUT2D eigenvalue weighted by molar-refractivity contribution is 0.0999. The van der Waals surface area contributed by atoms with Crippen LogP contribution >= 0.6 is 11.3 Å². The zero-order valence-electron chi connectivity index (χ0n) is 8.93. The topological polar surface area (TPSA) is 56.0 Å². The maximum Gasteiger partial charge on any atom is 0.248 e. The van der Waals surface area contributed by atoms with E-state index in [2.05, 4.69) is 4.98 Å². The summed E-state index contributed by atoms with van der Waals surface area (Å²) in [6.45, 7) is 1.96. The maximum absolute atomic E-state index is 11.2. The molecule has 0 saturated heterocycles. The highest BCUT2D eigenvalue weighted by atomic mass is 32.1. The number of nitrogens with zero attached hydrogens (tertiary/aromatic N) is 1. The number of nitrogens with two attached hydrogens (primary N) is 1. The number of thiazole rings is 1. The zero-order chi connectivity index (χ0) is 11.5. The van der Waals surface area contributed by atoms with E-state index in [4.69, 9.17) is 5.73 Å². The van der Waals surface area contributed by atoms with Crippen molar-refractivity contribution in [1.29, 1.82) is 0 Å². The van der Waals surface area contributed by atoms with Crippen LogP contribution in [0.1, 0.15) is 26.6 Å². The number of aromatic nitrogens is 1. The van der Waals surface area contributed by atoms with E-state index in [0.717, 1.165) is 16.3 Å². The van der Waals surface area contributed by atoms with Crippen LogP contribution in [0.25, 0.3) is 0 Å². The Kier molecular flexibility index (Phi) is 3.01. The Labute approximate surface area is 97.9 Å². The van der Waals surface area contributed by atoms with Crippen LogP contribution in [0.4, 0.5) is 0 Å². The molecule has 0 aliphatic carbocycles. The molecule has 0 atom stereocenters. The van der Waals surface area contributed by atoms with E-state index in [-0.39, 0.29) is 5.91 Å². The van der Waals surface area contributed by atoms with Crippen molar-refractivity contribution in [2.75, 3.05) is 0 Å². The predicted molar refractivity (Wildman–Crippen MR) is 64.6 cm³/mol. The number of hydrogen-bond acceptors (Lipinski definition) is 3. The number of hydrogen-bond donors (Lipinski definition) is 1. The molecule has 1 amide bonds. The van der Waals surface area contributed by atoms with Gasteiger partial charge >= 0.3 is 0 Å². The van der Waals surface area contributed by atoms with Gasteiger partial charge in [0.05, 0.1) is 5.01 Å². The third-order valence-corrected chi connectivity index (χ3v) is 3.26. The van der Waals surface area contributed by atoms with Crippen molar-refractivity contribution >= 4 is 17.2 Å². The Balaban J connectivity index is 2.31. The van der Waals surface area contributed by atoms with Crippen molar-refractivity contribution in [1.82, 2.24) is 4.98 Å². The molecule has 2 aromatic rings. The number of carbonyl (C=O) groups is 1. The highest BCUT2D eigenvalue weighted by molar-refractivity contribution is 7.09. The van der Waals surface area contributed by atoms with Crippen molar-refractivity contribution < 1.29 is 4.79 Å². The molecule has 16 heavy (non-hydrogen) atoms. The van der Waals surface area contributed by atoms with Gasteiger partial charge in [0, 0.05) is 23.1 Å². The fourth-order valence-corrected chi connectivity index (χ4v) is 2.36. The summed E-state index contributed by atoms with van der Waals surface area (Å²) in [6, 6.07) is 7.38. The van der Waals surface area contributed by atoms with Crippen molar-refractivity contribution in [2.24, 2.45) is 5.73 Å². The summed E-state index contributed by atoms with van der Waals surface area (Å²) in [5.41, 5.74) is 7.84. The summed E-state index contributed by atoms with van der Waals surface area (Å²) < 4.78 is 0. The average Bonchev–Trinajstić information content (AvgIpc) is 2.64. The van der Waals surface area contributed by atoms with Crippen LogP contribution in [0.2, 0.25) is 0 Å². The molecular weight excluding hydrogens is 220 g/mol. The molecule has 1 heterocycles. The molecule has 1 aromatic heterocycles. The van der Waals surface area contributed by atoms with Gasteiger partial charge in [0.25, 0.3) is 0 Å². The minimum atomic E-state index is -0.385. The molecular formula is C12H12N2OS. The van der Waals surface area contributed by atoms with Crippen LogP contribution in [0.15, 0.2) is 29.6 Å². The van der Waals surface area contributed by atoms with E-state index in [0.29, 0.717) is 12.0 Å². The fraction of sp³-hybridized carbons (Fsp3) is 0.167. The summed E-state index contributed by atoms with van der Waals surface area (Å²) in [4.78, 5) is 15.6. The van der Waals surface area contributed by atoms with Gasteiger partial charge < -0.3 is 5.73 Å². The average molecular weight is 232 g/mol. The monoisotopic (exact) mass is 232 g/mol. The third-order valence-electron chi connectivity index (χ3n) is 2.29. The Morgan fingerprint density at radius 1 is 1.44 bits per heavy atom. The molecule has 0 radical (unpaired) electrons. The summed E-state index contributed by atoms with van der Waals surface area (Å²) >= 11 is 1.60. The molecule has 0 fully saturated rings. The zero-order valence-corrected chi connectivity index (χ0v) is 9.75. The standard InChI is InChI=1S/C12H12N2OS/c1-8-7-16-11(14-8)6-9-4-2-3-5-10(9)12(13)15/h2-5,7H,6H2,1H3,(H2,13,15). The molecule has 0 spiro atoms. The van der Waals surface area contributed by atoms with Crippen LogP contribution in [0, 0.1) is 6.92 Å². The minimum Gasteiger partial charge on any atom is -0.366 e. The second kappa shape index (κ2) is 4.45. The van der Waals surface area contributed by atoms with E-state index < -0.39 is 0 Å². The summed E-state index contributed by atoms with van der Waals surface area (Å²) in [6.07, 6.45) is 0.664. The quantitative estimate of drug-likeness (QED) is 0.881. The number of primary amides is 1. The molecule has 0 unspecified atom stereocenters. The van der Waals surface area contributed by atoms with Gasteiger partial charge in [-0.1, -0.05) is 18.2 Å². The molecule has 0 saturated carbocycles. The second-order valence-electron chi connectivity index (χ2n) is 3.58. The first-order valence-corrected chi connectivity index (χ1v) is 5.83. The van der Waals surface area contributed by atoms with Crippen LogP contribution in [-0.2, 0) is 6.42 Å². The first-order valence-electron chi connectivity index (χ1n) is 4.95. The Morgan fingerprint density at radius 3 is 2.81 bits per heavy atom. The Bertz CT molecular complexity index is 519. The highest BCUT2D eigenvalue weighted by Gasteiger charge is 2.09. The van der Waals surface area contributed by atoms with Gasteiger partial charge in [-0.15, -0.1) is 11.3 Å². The largest absolute Gasteiger partial charge is 0.366 e. The molecule has 0 aliphatic heterocycles. The van der Waals surface area contributed by atoms with Gasteiger partial charge in [0.15, 0.2) is 0 Å². The summed E-state index contributed by atoms with van der Waals surface area (Å²) in [5.74, 6) is -0.385. The molecule has 2 N–H and O–H groups in total. The fourth-order valence-electron chi connectivity index (χ4n) is 1.56. The van der Waals surface area contributed by atoms with Crippen LogP contribution < -0.4 is 5.73 Å². The van der Waals surface area contributed by atoms with Crippen LogP contribution in [0.5, 0.6) is 0 Å². The molecule has 0 aliphatic rings. The first-order chi connectivity index (χ1) is 7.66. The molecule has 4 heteroatoms. The number of benzene rings is 1. The molecule has 0 bridgehead atoms. The first kappa shape index (κ1) is 10.8. The lowest BCUT2D eigenvalue weighted by Crippen LogP contribution is -2.13.